The van der Waals surface area contributed by atoms with Crippen molar-refractivity contribution in [1.29, 1.82) is 0 Å². The minimum atomic E-state index is -0.658. The molecule has 0 aliphatic carbocycles. The van der Waals surface area contributed by atoms with Gasteiger partial charge in [-0.2, -0.15) is 0 Å². The van der Waals surface area contributed by atoms with E-state index in [0.29, 0.717) is 11.4 Å². The summed E-state index contributed by atoms with van der Waals surface area (Å²) in [6.45, 7) is 5.59. The van der Waals surface area contributed by atoms with Gasteiger partial charge in [0.15, 0.2) is 0 Å². The molecule has 24 heavy (non-hydrogen) atoms. The first kappa shape index (κ1) is 18.3. The van der Waals surface area contributed by atoms with Crippen molar-refractivity contribution in [1.82, 2.24) is 5.32 Å². The number of hydrogen-bond donors (Lipinski definition) is 2. The fourth-order valence-electron chi connectivity index (χ4n) is 2.40. The van der Waals surface area contributed by atoms with Gasteiger partial charge in [-0.3, -0.25) is 0 Å². The van der Waals surface area contributed by atoms with E-state index in [0.717, 1.165) is 15.6 Å². The van der Waals surface area contributed by atoms with Gasteiger partial charge in [0, 0.05) is 4.47 Å². The van der Waals surface area contributed by atoms with Gasteiger partial charge in [-0.25, -0.2) is 9.18 Å². The van der Waals surface area contributed by atoms with Crippen molar-refractivity contribution in [2.45, 2.75) is 26.3 Å². The highest BCUT2D eigenvalue weighted by atomic mass is 79.9. The first-order valence-electron chi connectivity index (χ1n) is 7.42. The normalized spacial score (nSPS) is 11.1. The summed E-state index contributed by atoms with van der Waals surface area (Å²) in [6.07, 6.45) is 0. The first-order chi connectivity index (χ1) is 11.2. The van der Waals surface area contributed by atoms with Crippen molar-refractivity contribution in [3.63, 3.8) is 0 Å². The van der Waals surface area contributed by atoms with Gasteiger partial charge >= 0.3 is 6.03 Å². The van der Waals surface area contributed by atoms with Crippen molar-refractivity contribution in [3.05, 3.63) is 57.8 Å². The molecule has 0 aromatic heterocycles. The van der Waals surface area contributed by atoms with Crippen LogP contribution in [0, 0.1) is 12.7 Å². The van der Waals surface area contributed by atoms with Gasteiger partial charge in [-0.05, 0) is 56.2 Å². The van der Waals surface area contributed by atoms with Crippen LogP contribution in [0.3, 0.4) is 0 Å². The lowest BCUT2D eigenvalue weighted by Crippen LogP contribution is -2.43. The molecule has 0 bridgehead atoms. The van der Waals surface area contributed by atoms with Crippen molar-refractivity contribution < 1.29 is 13.9 Å². The maximum atomic E-state index is 13.1. The monoisotopic (exact) mass is 394 g/mol. The molecule has 0 unspecified atom stereocenters. The van der Waals surface area contributed by atoms with Crippen molar-refractivity contribution in [2.75, 3.05) is 12.4 Å². The average Bonchev–Trinajstić information content (AvgIpc) is 2.49. The second kappa shape index (κ2) is 7.21. The predicted molar refractivity (Wildman–Crippen MR) is 97.0 cm³/mol. The van der Waals surface area contributed by atoms with Crippen molar-refractivity contribution in [3.8, 4) is 5.75 Å². The second-order valence-electron chi connectivity index (χ2n) is 6.01. The molecule has 0 atom stereocenters. The average molecular weight is 395 g/mol. The van der Waals surface area contributed by atoms with Crippen LogP contribution < -0.4 is 15.4 Å². The van der Waals surface area contributed by atoms with E-state index in [1.807, 2.05) is 26.8 Å². The Morgan fingerprint density at radius 3 is 2.42 bits per heavy atom. The predicted octanol–water partition coefficient (Wildman–Crippen LogP) is 4.96. The van der Waals surface area contributed by atoms with Crippen LogP contribution in [0.1, 0.15) is 25.0 Å². The third kappa shape index (κ3) is 4.26. The molecule has 2 aromatic carbocycles. The van der Waals surface area contributed by atoms with E-state index in [9.17, 15) is 9.18 Å². The van der Waals surface area contributed by atoms with Gasteiger partial charge in [0.1, 0.15) is 11.6 Å². The number of amides is 2. The SMILES string of the molecule is COc1cc(Br)cc(C)c1NC(=O)NC(C)(C)c1ccc(F)cc1. The van der Waals surface area contributed by atoms with E-state index >= 15 is 0 Å². The van der Waals surface area contributed by atoms with E-state index in [2.05, 4.69) is 26.6 Å². The molecule has 0 saturated carbocycles. The number of methoxy groups -OCH3 is 1. The summed E-state index contributed by atoms with van der Waals surface area (Å²) in [4.78, 5) is 12.4. The number of benzene rings is 2. The summed E-state index contributed by atoms with van der Waals surface area (Å²) in [5.41, 5.74) is 1.62. The molecular weight excluding hydrogens is 375 g/mol. The Morgan fingerprint density at radius 1 is 1.21 bits per heavy atom. The molecule has 6 heteroatoms. The molecule has 0 aliphatic rings. The van der Waals surface area contributed by atoms with Gasteiger partial charge in [-0.15, -0.1) is 0 Å². The first-order valence-corrected chi connectivity index (χ1v) is 8.21. The Hall–Kier alpha value is -2.08. The van der Waals surface area contributed by atoms with Gasteiger partial charge in [-0.1, -0.05) is 28.1 Å². The zero-order valence-electron chi connectivity index (χ0n) is 14.0. The van der Waals surface area contributed by atoms with Gasteiger partial charge < -0.3 is 15.4 Å². The summed E-state index contributed by atoms with van der Waals surface area (Å²) in [6, 6.07) is 9.36. The van der Waals surface area contributed by atoms with Crippen molar-refractivity contribution in [2.24, 2.45) is 0 Å². The lowest BCUT2D eigenvalue weighted by Gasteiger charge is -2.27. The highest BCUT2D eigenvalue weighted by molar-refractivity contribution is 9.10. The Kier molecular flexibility index (Phi) is 5.49. The molecule has 2 rings (SSSR count). The molecule has 0 fully saturated rings. The van der Waals surface area contributed by atoms with Crippen LogP contribution in [0.4, 0.5) is 14.9 Å². The quantitative estimate of drug-likeness (QED) is 0.769. The molecule has 2 N–H and O–H groups in total. The largest absolute Gasteiger partial charge is 0.495 e. The van der Waals surface area contributed by atoms with Gasteiger partial charge in [0.25, 0.3) is 0 Å². The van der Waals surface area contributed by atoms with Gasteiger partial charge in [0.05, 0.1) is 18.3 Å². The summed E-state index contributed by atoms with van der Waals surface area (Å²) >= 11 is 3.40. The van der Waals surface area contributed by atoms with E-state index in [1.54, 1.807) is 25.3 Å². The number of carbonyl (C=O) groups is 1. The van der Waals surface area contributed by atoms with Crippen LogP contribution in [-0.2, 0) is 5.54 Å². The smallest absolute Gasteiger partial charge is 0.320 e. The number of rotatable bonds is 4. The van der Waals surface area contributed by atoms with Crippen LogP contribution in [-0.4, -0.2) is 13.1 Å². The highest BCUT2D eigenvalue weighted by Crippen LogP contribution is 2.32. The number of urea groups is 1. The Morgan fingerprint density at radius 2 is 1.83 bits per heavy atom. The molecule has 2 amide bonds. The summed E-state index contributed by atoms with van der Waals surface area (Å²) in [7, 11) is 1.55. The van der Waals surface area contributed by atoms with Crippen LogP contribution in [0.15, 0.2) is 40.9 Å². The molecular formula is C18H20BrFN2O2. The topological polar surface area (TPSA) is 50.4 Å². The highest BCUT2D eigenvalue weighted by Gasteiger charge is 2.23. The summed E-state index contributed by atoms with van der Waals surface area (Å²) in [5.74, 6) is 0.255. The number of halogens is 2. The zero-order chi connectivity index (χ0) is 17.9. The fourth-order valence-corrected chi connectivity index (χ4v) is 2.95. The standard InChI is InChI=1S/C18H20BrFN2O2/c1-11-9-13(19)10-15(24-4)16(11)21-17(23)22-18(2,3)12-5-7-14(20)8-6-12/h5-10H,1-4H3,(H2,21,22,23). The molecule has 0 heterocycles. The number of nitrogens with one attached hydrogen (secondary N) is 2. The third-order valence-corrected chi connectivity index (χ3v) is 4.17. The maximum Gasteiger partial charge on any atom is 0.320 e. The molecule has 0 spiro atoms. The fraction of sp³-hybridized carbons (Fsp3) is 0.278. The molecule has 2 aromatic rings. The van der Waals surface area contributed by atoms with E-state index in [1.165, 1.54) is 12.1 Å². The van der Waals surface area contributed by atoms with Crippen LogP contribution in [0.5, 0.6) is 5.75 Å². The van der Waals surface area contributed by atoms with Crippen molar-refractivity contribution >= 4 is 27.6 Å². The minimum absolute atomic E-state index is 0.311. The van der Waals surface area contributed by atoms with E-state index in [4.69, 9.17) is 4.74 Å². The maximum absolute atomic E-state index is 13.1. The van der Waals surface area contributed by atoms with E-state index < -0.39 is 5.54 Å². The molecule has 0 saturated heterocycles. The Balaban J connectivity index is 2.17. The summed E-state index contributed by atoms with van der Waals surface area (Å²) in [5, 5.41) is 5.72. The van der Waals surface area contributed by atoms with Crippen LogP contribution in [0.25, 0.3) is 0 Å². The Labute approximate surface area is 149 Å². The van der Waals surface area contributed by atoms with Gasteiger partial charge in [0.2, 0.25) is 0 Å². The zero-order valence-corrected chi connectivity index (χ0v) is 15.6. The number of anilines is 1. The number of ether oxygens (including phenoxy) is 1. The number of aryl methyl sites for hydroxylation is 1. The summed E-state index contributed by atoms with van der Waals surface area (Å²) < 4.78 is 19.3. The number of carbonyl (C=O) groups excluding carboxylic acids is 1. The van der Waals surface area contributed by atoms with Crippen LogP contribution >= 0.6 is 15.9 Å². The van der Waals surface area contributed by atoms with E-state index in [-0.39, 0.29) is 11.8 Å². The van der Waals surface area contributed by atoms with Crippen LogP contribution in [0.2, 0.25) is 0 Å². The second-order valence-corrected chi connectivity index (χ2v) is 6.93. The lowest BCUT2D eigenvalue weighted by molar-refractivity contribution is 0.241. The lowest BCUT2D eigenvalue weighted by atomic mass is 9.94. The molecule has 0 aliphatic heterocycles. The number of hydrogen-bond acceptors (Lipinski definition) is 2. The third-order valence-electron chi connectivity index (χ3n) is 3.71. The molecule has 4 nitrogen and oxygen atoms in total. The molecule has 128 valence electrons. The molecule has 0 radical (unpaired) electrons. The Bertz CT molecular complexity index is 745. The minimum Gasteiger partial charge on any atom is -0.495 e.